The molecule has 1 saturated carbocycles. The molecule has 1 aliphatic rings. The maximum Gasteiger partial charge on any atom is 0.315 e. The van der Waals surface area contributed by atoms with Gasteiger partial charge in [0, 0.05) is 10.6 Å². The lowest BCUT2D eigenvalue weighted by atomic mass is 9.97. The Balaban J connectivity index is 1.55. The molecule has 0 radical (unpaired) electrons. The summed E-state index contributed by atoms with van der Waals surface area (Å²) in [5.74, 6) is 0.245. The SMILES string of the molecule is Cc1cc(C)c(NC(=O)CNC(=O)NC(c2cccs2)C2CCCC2)c(C)c1. The highest BCUT2D eigenvalue weighted by Gasteiger charge is 2.28. The molecule has 1 atom stereocenters. The predicted molar refractivity (Wildman–Crippen MR) is 115 cm³/mol. The predicted octanol–water partition coefficient (Wildman–Crippen LogP) is 4.84. The number of anilines is 1. The Labute approximate surface area is 170 Å². The number of aryl methyl sites for hydroxylation is 3. The van der Waals surface area contributed by atoms with Gasteiger partial charge < -0.3 is 16.0 Å². The summed E-state index contributed by atoms with van der Waals surface area (Å²) in [5, 5.41) is 10.8. The van der Waals surface area contributed by atoms with Crippen LogP contribution in [0.1, 0.15) is 53.3 Å². The Bertz CT molecular complexity index is 803. The molecule has 0 saturated heterocycles. The van der Waals surface area contributed by atoms with Crippen molar-refractivity contribution in [1.29, 1.82) is 0 Å². The summed E-state index contributed by atoms with van der Waals surface area (Å²) < 4.78 is 0. The lowest BCUT2D eigenvalue weighted by Crippen LogP contribution is -2.43. The Kier molecular flexibility index (Phi) is 6.73. The third-order valence-electron chi connectivity index (χ3n) is 5.36. The van der Waals surface area contributed by atoms with E-state index in [1.54, 1.807) is 11.3 Å². The van der Waals surface area contributed by atoms with Gasteiger partial charge in [0.05, 0.1) is 12.6 Å². The van der Waals surface area contributed by atoms with Crippen LogP contribution >= 0.6 is 11.3 Å². The zero-order chi connectivity index (χ0) is 20.1. The van der Waals surface area contributed by atoms with Crippen molar-refractivity contribution in [3.63, 3.8) is 0 Å². The fourth-order valence-electron chi connectivity index (χ4n) is 4.09. The van der Waals surface area contributed by atoms with Crippen LogP contribution in [-0.4, -0.2) is 18.5 Å². The van der Waals surface area contributed by atoms with E-state index in [4.69, 9.17) is 0 Å². The summed E-state index contributed by atoms with van der Waals surface area (Å²) in [6, 6.07) is 7.89. The van der Waals surface area contributed by atoms with Crippen LogP contribution in [0.25, 0.3) is 0 Å². The van der Waals surface area contributed by atoms with Gasteiger partial charge in [-0.25, -0.2) is 4.79 Å². The quantitative estimate of drug-likeness (QED) is 0.650. The van der Waals surface area contributed by atoms with Gasteiger partial charge in [0.2, 0.25) is 5.91 Å². The van der Waals surface area contributed by atoms with Gasteiger partial charge in [0.15, 0.2) is 0 Å². The van der Waals surface area contributed by atoms with E-state index in [1.807, 2.05) is 44.4 Å². The van der Waals surface area contributed by atoms with Crippen LogP contribution in [0.15, 0.2) is 29.6 Å². The largest absolute Gasteiger partial charge is 0.330 e. The fourth-order valence-corrected chi connectivity index (χ4v) is 4.96. The van der Waals surface area contributed by atoms with E-state index in [0.29, 0.717) is 5.92 Å². The molecule has 1 aromatic carbocycles. The molecule has 1 aromatic heterocycles. The van der Waals surface area contributed by atoms with Crippen LogP contribution in [-0.2, 0) is 4.79 Å². The molecule has 5 nitrogen and oxygen atoms in total. The molecular weight excluding hydrogens is 370 g/mol. The Morgan fingerprint density at radius 2 is 1.82 bits per heavy atom. The van der Waals surface area contributed by atoms with E-state index in [9.17, 15) is 9.59 Å². The van der Waals surface area contributed by atoms with Gasteiger partial charge in [-0.2, -0.15) is 0 Å². The number of carbonyl (C=O) groups is 2. The molecule has 3 amide bonds. The minimum Gasteiger partial charge on any atom is -0.330 e. The Hall–Kier alpha value is -2.34. The average molecular weight is 400 g/mol. The summed E-state index contributed by atoms with van der Waals surface area (Å²) in [5.41, 5.74) is 4.03. The van der Waals surface area contributed by atoms with Crippen molar-refractivity contribution in [2.24, 2.45) is 5.92 Å². The molecule has 1 heterocycles. The number of carbonyl (C=O) groups excluding carboxylic acids is 2. The van der Waals surface area contributed by atoms with E-state index < -0.39 is 0 Å². The number of nitrogens with one attached hydrogen (secondary N) is 3. The first kappa shape index (κ1) is 20.4. The van der Waals surface area contributed by atoms with Crippen LogP contribution in [0.3, 0.4) is 0 Å². The normalized spacial score (nSPS) is 15.2. The lowest BCUT2D eigenvalue weighted by molar-refractivity contribution is -0.115. The molecule has 1 unspecified atom stereocenters. The number of urea groups is 1. The number of benzene rings is 1. The van der Waals surface area contributed by atoms with Gasteiger partial charge in [-0.05, 0) is 62.1 Å². The van der Waals surface area contributed by atoms with Crippen molar-refractivity contribution in [2.75, 3.05) is 11.9 Å². The van der Waals surface area contributed by atoms with Crippen LogP contribution < -0.4 is 16.0 Å². The molecule has 0 bridgehead atoms. The van der Waals surface area contributed by atoms with Crippen molar-refractivity contribution in [3.05, 3.63) is 51.2 Å². The minimum absolute atomic E-state index is 0.0205. The molecule has 2 aromatic rings. The zero-order valence-corrected chi connectivity index (χ0v) is 17.6. The van der Waals surface area contributed by atoms with Crippen LogP contribution in [0.4, 0.5) is 10.5 Å². The minimum atomic E-state index is -0.294. The average Bonchev–Trinajstić information content (AvgIpc) is 3.35. The topological polar surface area (TPSA) is 70.2 Å². The van der Waals surface area contributed by atoms with E-state index >= 15 is 0 Å². The standard InChI is InChI=1S/C22H29N3O2S/c1-14-11-15(2)20(16(3)12-14)24-19(26)13-23-22(27)25-21(17-7-4-5-8-17)18-9-6-10-28-18/h6,9-12,17,21H,4-5,7-8,13H2,1-3H3,(H,24,26)(H2,23,25,27). The smallest absolute Gasteiger partial charge is 0.315 e. The van der Waals surface area contributed by atoms with Gasteiger partial charge in [0.25, 0.3) is 0 Å². The maximum absolute atomic E-state index is 12.4. The molecule has 1 fully saturated rings. The molecule has 3 rings (SSSR count). The van der Waals surface area contributed by atoms with Gasteiger partial charge >= 0.3 is 6.03 Å². The maximum atomic E-state index is 12.4. The number of amides is 3. The fraction of sp³-hybridized carbons (Fsp3) is 0.455. The highest BCUT2D eigenvalue weighted by atomic mass is 32.1. The van der Waals surface area contributed by atoms with Crippen molar-refractivity contribution in [3.8, 4) is 0 Å². The monoisotopic (exact) mass is 399 g/mol. The van der Waals surface area contributed by atoms with Crippen LogP contribution in [0.2, 0.25) is 0 Å². The van der Waals surface area contributed by atoms with E-state index in [0.717, 1.165) is 35.2 Å². The molecule has 0 spiro atoms. The number of thiophene rings is 1. The first-order valence-electron chi connectivity index (χ1n) is 9.89. The van der Waals surface area contributed by atoms with Crippen LogP contribution in [0, 0.1) is 26.7 Å². The molecule has 6 heteroatoms. The second-order valence-electron chi connectivity index (χ2n) is 7.69. The van der Waals surface area contributed by atoms with E-state index in [-0.39, 0.29) is 24.5 Å². The summed E-state index contributed by atoms with van der Waals surface area (Å²) >= 11 is 1.67. The summed E-state index contributed by atoms with van der Waals surface area (Å²) in [6.45, 7) is 5.93. The van der Waals surface area contributed by atoms with Crippen molar-refractivity contribution in [2.45, 2.75) is 52.5 Å². The number of hydrogen-bond acceptors (Lipinski definition) is 3. The first-order valence-corrected chi connectivity index (χ1v) is 10.8. The van der Waals surface area contributed by atoms with E-state index in [2.05, 4.69) is 22.0 Å². The highest BCUT2D eigenvalue weighted by molar-refractivity contribution is 7.10. The van der Waals surface area contributed by atoms with Gasteiger partial charge in [-0.1, -0.05) is 36.6 Å². The van der Waals surface area contributed by atoms with Gasteiger partial charge in [-0.3, -0.25) is 4.79 Å². The third-order valence-corrected chi connectivity index (χ3v) is 6.31. The molecular formula is C22H29N3O2S. The second kappa shape index (κ2) is 9.24. The molecule has 1 aliphatic carbocycles. The van der Waals surface area contributed by atoms with Crippen molar-refractivity contribution in [1.82, 2.24) is 10.6 Å². The molecule has 28 heavy (non-hydrogen) atoms. The molecule has 0 aliphatic heterocycles. The lowest BCUT2D eigenvalue weighted by Gasteiger charge is -2.24. The number of hydrogen-bond donors (Lipinski definition) is 3. The summed E-state index contributed by atoms with van der Waals surface area (Å²) in [7, 11) is 0. The number of rotatable bonds is 6. The Morgan fingerprint density at radius 1 is 1.14 bits per heavy atom. The highest BCUT2D eigenvalue weighted by Crippen LogP contribution is 2.37. The third kappa shape index (κ3) is 5.13. The zero-order valence-electron chi connectivity index (χ0n) is 16.8. The summed E-state index contributed by atoms with van der Waals surface area (Å²) in [4.78, 5) is 25.9. The van der Waals surface area contributed by atoms with E-state index in [1.165, 1.54) is 17.7 Å². The van der Waals surface area contributed by atoms with Gasteiger partial charge in [0.1, 0.15) is 0 Å². The Morgan fingerprint density at radius 3 is 2.43 bits per heavy atom. The first-order chi connectivity index (χ1) is 13.4. The van der Waals surface area contributed by atoms with Crippen molar-refractivity contribution >= 4 is 29.0 Å². The molecule has 3 N–H and O–H groups in total. The summed E-state index contributed by atoms with van der Waals surface area (Å²) in [6.07, 6.45) is 4.70. The second-order valence-corrected chi connectivity index (χ2v) is 8.67. The van der Waals surface area contributed by atoms with Gasteiger partial charge in [-0.15, -0.1) is 11.3 Å². The van der Waals surface area contributed by atoms with Crippen LogP contribution in [0.5, 0.6) is 0 Å². The molecule has 150 valence electrons. The van der Waals surface area contributed by atoms with Crippen molar-refractivity contribution < 1.29 is 9.59 Å².